The van der Waals surface area contributed by atoms with Gasteiger partial charge in [-0.15, -0.1) is 0 Å². The quantitative estimate of drug-likeness (QED) is 0.492. The van der Waals surface area contributed by atoms with E-state index in [0.717, 1.165) is 25.9 Å². The van der Waals surface area contributed by atoms with Crippen LogP contribution in [-0.4, -0.2) is 40.2 Å². The predicted molar refractivity (Wildman–Crippen MR) is 66.6 cm³/mol. The van der Waals surface area contributed by atoms with E-state index in [9.17, 15) is 14.9 Å². The minimum Gasteiger partial charge on any atom is -0.353 e. The molecule has 18 heavy (non-hydrogen) atoms. The van der Waals surface area contributed by atoms with Crippen LogP contribution in [0.15, 0.2) is 12.3 Å². The van der Waals surface area contributed by atoms with Gasteiger partial charge in [-0.2, -0.15) is 0 Å². The Morgan fingerprint density at radius 2 is 2.44 bits per heavy atom. The van der Waals surface area contributed by atoms with Gasteiger partial charge in [0, 0.05) is 12.6 Å². The maximum atomic E-state index is 11.9. The second-order valence-corrected chi connectivity index (χ2v) is 4.75. The Kier molecular flexibility index (Phi) is 3.76. The van der Waals surface area contributed by atoms with E-state index in [2.05, 4.69) is 16.8 Å². The maximum absolute atomic E-state index is 11.9. The van der Waals surface area contributed by atoms with Crippen LogP contribution in [0.4, 0.5) is 5.69 Å². The van der Waals surface area contributed by atoms with Gasteiger partial charge in [0.2, 0.25) is 0 Å². The van der Waals surface area contributed by atoms with Crippen molar-refractivity contribution in [3.63, 3.8) is 0 Å². The van der Waals surface area contributed by atoms with E-state index < -0.39 is 4.92 Å². The standard InChI is InChI=1S/C12H17N3O3/c1-2-9-3-4-14(7-9)8-12(16)11-5-10(6-13-11)15(17)18/h5-6,9,13H,2-4,7-8H2,1H3. The van der Waals surface area contributed by atoms with Crippen molar-refractivity contribution in [2.24, 2.45) is 5.92 Å². The lowest BCUT2D eigenvalue weighted by atomic mass is 10.1. The fourth-order valence-corrected chi connectivity index (χ4v) is 2.33. The lowest BCUT2D eigenvalue weighted by Gasteiger charge is -2.13. The van der Waals surface area contributed by atoms with Crippen LogP contribution in [0, 0.1) is 16.0 Å². The number of hydrogen-bond donors (Lipinski definition) is 1. The molecule has 0 saturated carbocycles. The van der Waals surface area contributed by atoms with Crippen molar-refractivity contribution in [1.29, 1.82) is 0 Å². The average Bonchev–Trinajstić information content (AvgIpc) is 2.97. The average molecular weight is 251 g/mol. The smallest absolute Gasteiger partial charge is 0.287 e. The van der Waals surface area contributed by atoms with E-state index in [4.69, 9.17) is 0 Å². The summed E-state index contributed by atoms with van der Waals surface area (Å²) in [6.45, 7) is 4.39. The van der Waals surface area contributed by atoms with Crippen molar-refractivity contribution < 1.29 is 9.72 Å². The number of likely N-dealkylation sites (tertiary alicyclic amines) is 1. The van der Waals surface area contributed by atoms with Gasteiger partial charge in [-0.05, 0) is 18.9 Å². The van der Waals surface area contributed by atoms with Crippen LogP contribution in [0.2, 0.25) is 0 Å². The largest absolute Gasteiger partial charge is 0.353 e. The Bertz CT molecular complexity index is 455. The number of hydrogen-bond acceptors (Lipinski definition) is 4. The van der Waals surface area contributed by atoms with Crippen LogP contribution >= 0.6 is 0 Å². The first-order valence-corrected chi connectivity index (χ1v) is 6.18. The van der Waals surface area contributed by atoms with Crippen LogP contribution in [0.5, 0.6) is 0 Å². The first-order chi connectivity index (χ1) is 8.60. The Morgan fingerprint density at radius 3 is 3.00 bits per heavy atom. The monoisotopic (exact) mass is 251 g/mol. The Hall–Kier alpha value is -1.69. The normalized spacial score (nSPS) is 20.2. The summed E-state index contributed by atoms with van der Waals surface area (Å²) < 4.78 is 0. The number of rotatable bonds is 5. The molecule has 0 amide bonds. The van der Waals surface area contributed by atoms with Crippen LogP contribution in [0.1, 0.15) is 30.3 Å². The third kappa shape index (κ3) is 2.76. The predicted octanol–water partition coefficient (Wildman–Crippen LogP) is 1.84. The molecule has 0 bridgehead atoms. The Labute approximate surface area is 105 Å². The molecule has 0 spiro atoms. The van der Waals surface area contributed by atoms with Crippen LogP contribution in [0.25, 0.3) is 0 Å². The number of ketones is 1. The summed E-state index contributed by atoms with van der Waals surface area (Å²) in [5.41, 5.74) is 0.257. The van der Waals surface area contributed by atoms with E-state index in [0.29, 0.717) is 18.2 Å². The van der Waals surface area contributed by atoms with Crippen molar-refractivity contribution in [2.75, 3.05) is 19.6 Å². The second kappa shape index (κ2) is 5.30. The molecule has 98 valence electrons. The first-order valence-electron chi connectivity index (χ1n) is 6.18. The molecule has 1 aliphatic rings. The molecule has 2 rings (SSSR count). The molecule has 1 atom stereocenters. The minimum absolute atomic E-state index is 0.0637. The van der Waals surface area contributed by atoms with E-state index in [1.165, 1.54) is 12.3 Å². The number of nitro groups is 1. The molecule has 1 aromatic rings. The molecular formula is C12H17N3O3. The highest BCUT2D eigenvalue weighted by atomic mass is 16.6. The maximum Gasteiger partial charge on any atom is 0.287 e. The molecule has 0 aromatic carbocycles. The van der Waals surface area contributed by atoms with Gasteiger partial charge in [-0.25, -0.2) is 0 Å². The molecule has 6 heteroatoms. The van der Waals surface area contributed by atoms with Gasteiger partial charge < -0.3 is 4.98 Å². The lowest BCUT2D eigenvalue weighted by molar-refractivity contribution is -0.384. The van der Waals surface area contributed by atoms with Gasteiger partial charge in [-0.3, -0.25) is 19.8 Å². The van der Waals surface area contributed by atoms with E-state index in [1.54, 1.807) is 0 Å². The van der Waals surface area contributed by atoms with Gasteiger partial charge >= 0.3 is 0 Å². The number of aromatic nitrogens is 1. The molecule has 2 heterocycles. The zero-order valence-electron chi connectivity index (χ0n) is 10.4. The zero-order valence-corrected chi connectivity index (χ0v) is 10.4. The second-order valence-electron chi connectivity index (χ2n) is 4.75. The molecule has 1 N–H and O–H groups in total. The van der Waals surface area contributed by atoms with Crippen molar-refractivity contribution in [3.8, 4) is 0 Å². The minimum atomic E-state index is -0.504. The number of carbonyl (C=O) groups is 1. The molecule has 1 saturated heterocycles. The van der Waals surface area contributed by atoms with E-state index in [1.807, 2.05) is 0 Å². The number of H-pyrrole nitrogens is 1. The summed E-state index contributed by atoms with van der Waals surface area (Å²) >= 11 is 0. The number of nitrogens with one attached hydrogen (secondary N) is 1. The lowest BCUT2D eigenvalue weighted by Crippen LogP contribution is -2.28. The molecule has 1 unspecified atom stereocenters. The number of aromatic amines is 1. The zero-order chi connectivity index (χ0) is 13.1. The summed E-state index contributed by atoms with van der Waals surface area (Å²) in [4.78, 5) is 26.7. The number of carbonyl (C=O) groups excluding carboxylic acids is 1. The SMILES string of the molecule is CCC1CCN(CC(=O)c2cc([N+](=O)[O-])c[nH]2)C1. The van der Waals surface area contributed by atoms with E-state index in [-0.39, 0.29) is 11.5 Å². The highest BCUT2D eigenvalue weighted by Crippen LogP contribution is 2.19. The van der Waals surface area contributed by atoms with Crippen LogP contribution in [-0.2, 0) is 0 Å². The van der Waals surface area contributed by atoms with Gasteiger partial charge in [-0.1, -0.05) is 13.3 Å². The highest BCUT2D eigenvalue weighted by molar-refractivity contribution is 5.96. The Balaban J connectivity index is 1.93. The van der Waals surface area contributed by atoms with Crippen molar-refractivity contribution in [3.05, 3.63) is 28.1 Å². The highest BCUT2D eigenvalue weighted by Gasteiger charge is 2.24. The summed E-state index contributed by atoms with van der Waals surface area (Å²) in [5, 5.41) is 10.5. The molecule has 1 aromatic heterocycles. The molecular weight excluding hydrogens is 234 g/mol. The van der Waals surface area contributed by atoms with Crippen molar-refractivity contribution >= 4 is 11.5 Å². The fraction of sp³-hybridized carbons (Fsp3) is 0.583. The molecule has 0 aliphatic carbocycles. The summed E-state index contributed by atoms with van der Waals surface area (Å²) in [6, 6.07) is 1.30. The summed E-state index contributed by atoms with van der Waals surface area (Å²) in [5.74, 6) is 0.593. The van der Waals surface area contributed by atoms with Crippen LogP contribution in [0.3, 0.4) is 0 Å². The van der Waals surface area contributed by atoms with Crippen molar-refractivity contribution in [1.82, 2.24) is 9.88 Å². The summed E-state index contributed by atoms with van der Waals surface area (Å²) in [6.07, 6.45) is 3.53. The number of nitrogens with zero attached hydrogens (tertiary/aromatic N) is 2. The Morgan fingerprint density at radius 1 is 1.67 bits per heavy atom. The van der Waals surface area contributed by atoms with E-state index >= 15 is 0 Å². The van der Waals surface area contributed by atoms with Gasteiger partial charge in [0.1, 0.15) is 0 Å². The third-order valence-electron chi connectivity index (χ3n) is 3.49. The summed E-state index contributed by atoms with van der Waals surface area (Å²) in [7, 11) is 0. The first kappa shape index (κ1) is 12.8. The van der Waals surface area contributed by atoms with Gasteiger partial charge in [0.25, 0.3) is 5.69 Å². The number of Topliss-reactive ketones (excluding diaryl/α,β-unsaturated/α-hetero) is 1. The molecule has 6 nitrogen and oxygen atoms in total. The van der Waals surface area contributed by atoms with Gasteiger partial charge in [0.05, 0.1) is 23.4 Å². The van der Waals surface area contributed by atoms with Crippen LogP contribution < -0.4 is 0 Å². The molecule has 1 aliphatic heterocycles. The molecule has 0 radical (unpaired) electrons. The van der Waals surface area contributed by atoms with Gasteiger partial charge in [0.15, 0.2) is 5.78 Å². The third-order valence-corrected chi connectivity index (χ3v) is 3.49. The van der Waals surface area contributed by atoms with Crippen molar-refractivity contribution in [2.45, 2.75) is 19.8 Å². The fourth-order valence-electron chi connectivity index (χ4n) is 2.33. The molecule has 1 fully saturated rings. The topological polar surface area (TPSA) is 79.2 Å².